The second-order valence-electron chi connectivity index (χ2n) is 5.73. The highest BCUT2D eigenvalue weighted by Crippen LogP contribution is 2.29. The topological polar surface area (TPSA) is 64.1 Å². The Kier molecular flexibility index (Phi) is 7.58. The molecule has 0 aliphatic rings. The van der Waals surface area contributed by atoms with E-state index in [-0.39, 0.29) is 5.13 Å². The van der Waals surface area contributed by atoms with Gasteiger partial charge in [0, 0.05) is 5.75 Å². The van der Waals surface area contributed by atoms with E-state index in [9.17, 15) is 26.7 Å². The van der Waals surface area contributed by atoms with Crippen LogP contribution >= 0.6 is 23.1 Å². The summed E-state index contributed by atoms with van der Waals surface area (Å²) in [5.74, 6) is -12.8. The number of thioether (sulfide) groups is 1. The van der Waals surface area contributed by atoms with Gasteiger partial charge in [-0.15, -0.1) is 10.2 Å². The van der Waals surface area contributed by atoms with Gasteiger partial charge in [0.15, 0.2) is 16.7 Å². The van der Waals surface area contributed by atoms with Crippen molar-refractivity contribution < 1.29 is 31.5 Å². The van der Waals surface area contributed by atoms with E-state index in [1.54, 1.807) is 0 Å². The van der Waals surface area contributed by atoms with Crippen molar-refractivity contribution in [1.29, 1.82) is 0 Å². The third-order valence-electron chi connectivity index (χ3n) is 3.58. The normalized spacial score (nSPS) is 11.1. The fourth-order valence-corrected chi connectivity index (χ4v) is 3.79. The third-order valence-corrected chi connectivity index (χ3v) is 5.51. The third kappa shape index (κ3) is 5.79. The molecular formula is C19H12F5N3O2S2. The zero-order chi connectivity index (χ0) is 22.4. The number of ether oxygens (including phenoxy) is 1. The number of carbonyl (C=O) groups excluding carboxylic acids is 1. The van der Waals surface area contributed by atoms with E-state index in [0.29, 0.717) is 10.1 Å². The summed E-state index contributed by atoms with van der Waals surface area (Å²) in [5, 5.41) is 9.97. The average Bonchev–Trinajstić information content (AvgIpc) is 3.21. The van der Waals surface area contributed by atoms with Crippen LogP contribution < -0.4 is 10.1 Å². The number of carbonyl (C=O) groups is 1. The molecule has 2 aromatic carbocycles. The molecule has 5 nitrogen and oxygen atoms in total. The molecule has 0 saturated heterocycles. The van der Waals surface area contributed by atoms with Crippen LogP contribution in [0, 0.1) is 29.1 Å². The number of benzene rings is 2. The minimum atomic E-state index is -2.32. The van der Waals surface area contributed by atoms with Gasteiger partial charge in [-0.25, -0.2) is 13.2 Å². The lowest BCUT2D eigenvalue weighted by atomic mass is 10.2. The molecule has 0 atom stereocenters. The average molecular weight is 473 g/mol. The number of hydrogen-bond donors (Lipinski definition) is 1. The molecule has 3 rings (SSSR count). The number of rotatable bonds is 8. The van der Waals surface area contributed by atoms with Gasteiger partial charge in [-0.1, -0.05) is 65.6 Å². The fourth-order valence-electron chi connectivity index (χ4n) is 2.19. The summed E-state index contributed by atoms with van der Waals surface area (Å²) in [5.41, 5.74) is 1.04. The first kappa shape index (κ1) is 22.7. The first-order chi connectivity index (χ1) is 14.9. The maximum Gasteiger partial charge on any atom is 0.264 e. The SMILES string of the molecule is O=C(COc1c(F)c(F)c(F)c(F)c1F)Nc1nnc(SC/C=C/c2ccccc2)s1. The van der Waals surface area contributed by atoms with E-state index in [4.69, 9.17) is 0 Å². The van der Waals surface area contributed by atoms with Crippen molar-refractivity contribution >= 4 is 40.2 Å². The predicted molar refractivity (Wildman–Crippen MR) is 106 cm³/mol. The van der Waals surface area contributed by atoms with Gasteiger partial charge < -0.3 is 4.74 Å². The van der Waals surface area contributed by atoms with Crippen molar-refractivity contribution in [1.82, 2.24) is 10.2 Å². The summed E-state index contributed by atoms with van der Waals surface area (Å²) in [7, 11) is 0. The lowest BCUT2D eigenvalue weighted by Crippen LogP contribution is -2.21. The summed E-state index contributed by atoms with van der Waals surface area (Å²) >= 11 is 2.41. The second-order valence-corrected chi connectivity index (χ2v) is 7.98. The highest BCUT2D eigenvalue weighted by molar-refractivity contribution is 8.01. The van der Waals surface area contributed by atoms with Crippen LogP contribution in [0.5, 0.6) is 5.75 Å². The van der Waals surface area contributed by atoms with Crippen molar-refractivity contribution in [2.75, 3.05) is 17.7 Å². The molecule has 0 unspecified atom stereocenters. The number of nitrogens with zero attached hydrogens (tertiary/aromatic N) is 2. The largest absolute Gasteiger partial charge is 0.477 e. The first-order valence-electron chi connectivity index (χ1n) is 8.48. The molecule has 0 radical (unpaired) electrons. The van der Waals surface area contributed by atoms with E-state index in [2.05, 4.69) is 20.3 Å². The van der Waals surface area contributed by atoms with E-state index in [1.165, 1.54) is 11.8 Å². The molecule has 0 bridgehead atoms. The van der Waals surface area contributed by atoms with Crippen LogP contribution in [0.4, 0.5) is 27.1 Å². The number of anilines is 1. The van der Waals surface area contributed by atoms with Gasteiger partial charge in [0.1, 0.15) is 0 Å². The smallest absolute Gasteiger partial charge is 0.264 e. The molecule has 12 heteroatoms. The van der Waals surface area contributed by atoms with Crippen LogP contribution in [0.3, 0.4) is 0 Å². The Morgan fingerprint density at radius 3 is 2.32 bits per heavy atom. The van der Waals surface area contributed by atoms with Gasteiger partial charge in [-0.2, -0.15) is 8.78 Å². The van der Waals surface area contributed by atoms with Crippen LogP contribution in [0.15, 0.2) is 40.7 Å². The van der Waals surface area contributed by atoms with E-state index in [1.807, 2.05) is 42.5 Å². The molecule has 3 aromatic rings. The maximum absolute atomic E-state index is 13.5. The summed E-state index contributed by atoms with van der Waals surface area (Å²) in [6, 6.07) is 9.66. The van der Waals surface area contributed by atoms with Crippen molar-refractivity contribution in [2.45, 2.75) is 4.34 Å². The van der Waals surface area contributed by atoms with Crippen LogP contribution in [-0.4, -0.2) is 28.5 Å². The van der Waals surface area contributed by atoms with E-state index in [0.717, 1.165) is 16.9 Å². The molecule has 0 aliphatic heterocycles. The molecule has 1 amide bonds. The van der Waals surface area contributed by atoms with Crippen molar-refractivity contribution in [2.24, 2.45) is 0 Å². The summed E-state index contributed by atoms with van der Waals surface area (Å²) in [6.45, 7) is -1.000. The molecule has 31 heavy (non-hydrogen) atoms. The predicted octanol–water partition coefficient (Wildman–Crippen LogP) is 5.06. The highest BCUT2D eigenvalue weighted by atomic mass is 32.2. The summed E-state index contributed by atoms with van der Waals surface area (Å²) in [6.07, 6.45) is 3.87. The number of amides is 1. The molecule has 0 fully saturated rings. The second kappa shape index (κ2) is 10.4. The number of halogens is 5. The summed E-state index contributed by atoms with van der Waals surface area (Å²) in [4.78, 5) is 11.9. The van der Waals surface area contributed by atoms with Crippen molar-refractivity contribution in [3.8, 4) is 5.75 Å². The number of hydrogen-bond acceptors (Lipinski definition) is 6. The number of nitrogens with one attached hydrogen (secondary N) is 1. The zero-order valence-electron chi connectivity index (χ0n) is 15.4. The quantitative estimate of drug-likeness (QED) is 0.163. The molecule has 0 aliphatic carbocycles. The zero-order valence-corrected chi connectivity index (χ0v) is 17.0. The molecule has 1 heterocycles. The summed E-state index contributed by atoms with van der Waals surface area (Å²) < 4.78 is 71.4. The maximum atomic E-state index is 13.5. The number of aromatic nitrogens is 2. The Bertz CT molecular complexity index is 1080. The Morgan fingerprint density at radius 2 is 1.65 bits per heavy atom. The minimum absolute atomic E-state index is 0.0838. The van der Waals surface area contributed by atoms with Crippen LogP contribution in [0.1, 0.15) is 5.56 Å². The van der Waals surface area contributed by atoms with Gasteiger partial charge in [0.05, 0.1) is 0 Å². The molecule has 0 saturated carbocycles. The Hall–Kier alpha value is -2.99. The minimum Gasteiger partial charge on any atom is -0.477 e. The lowest BCUT2D eigenvalue weighted by molar-refractivity contribution is -0.118. The van der Waals surface area contributed by atoms with Gasteiger partial charge in [-0.3, -0.25) is 10.1 Å². The highest BCUT2D eigenvalue weighted by Gasteiger charge is 2.27. The standard InChI is InChI=1S/C19H12F5N3O2S2/c20-12-13(21)15(23)17(16(24)14(12)22)29-9-11(28)25-18-26-27-19(31-18)30-8-4-7-10-5-2-1-3-6-10/h1-7H,8-9H2,(H,25,26,28)/b7-4+. The van der Waals surface area contributed by atoms with Gasteiger partial charge in [0.25, 0.3) is 5.91 Å². The molecule has 1 N–H and O–H groups in total. The molecule has 162 valence electrons. The Labute approximate surface area is 181 Å². The fraction of sp³-hybridized carbons (Fsp3) is 0.105. The van der Waals surface area contributed by atoms with Crippen LogP contribution in [0.2, 0.25) is 0 Å². The van der Waals surface area contributed by atoms with Gasteiger partial charge in [0.2, 0.25) is 34.2 Å². The molecule has 1 aromatic heterocycles. The van der Waals surface area contributed by atoms with Crippen molar-refractivity contribution in [3.05, 3.63) is 71.1 Å². The molecule has 0 spiro atoms. The molecular weight excluding hydrogens is 461 g/mol. The Morgan fingerprint density at radius 1 is 1.00 bits per heavy atom. The van der Waals surface area contributed by atoms with Crippen molar-refractivity contribution in [3.63, 3.8) is 0 Å². The van der Waals surface area contributed by atoms with Crippen LogP contribution in [-0.2, 0) is 4.79 Å². The first-order valence-corrected chi connectivity index (χ1v) is 10.3. The Balaban J connectivity index is 1.51. The van der Waals surface area contributed by atoms with Gasteiger partial charge in [-0.05, 0) is 5.56 Å². The van der Waals surface area contributed by atoms with Gasteiger partial charge >= 0.3 is 0 Å². The van der Waals surface area contributed by atoms with E-state index < -0.39 is 47.3 Å². The van der Waals surface area contributed by atoms with E-state index >= 15 is 0 Å². The lowest BCUT2D eigenvalue weighted by Gasteiger charge is -2.09. The van der Waals surface area contributed by atoms with Crippen LogP contribution in [0.25, 0.3) is 6.08 Å². The monoisotopic (exact) mass is 473 g/mol.